The molecular formula is C16H24N6O2S. The molecule has 1 fully saturated rings. The van der Waals surface area contributed by atoms with Gasteiger partial charge in [-0.2, -0.15) is 17.0 Å². The van der Waals surface area contributed by atoms with Gasteiger partial charge in [-0.1, -0.05) is 0 Å². The van der Waals surface area contributed by atoms with E-state index in [2.05, 4.69) is 15.0 Å². The SMILES string of the molecule is Cc1ncc(-c2nccnc2[C@@H]2CCCN(S(=O)(=O)N(C)C)C2)n1C. The normalized spacial score (nSPS) is 19.5. The van der Waals surface area contributed by atoms with E-state index in [0.29, 0.717) is 13.1 Å². The number of hydrogen-bond donors (Lipinski definition) is 0. The highest BCUT2D eigenvalue weighted by Gasteiger charge is 2.33. The van der Waals surface area contributed by atoms with E-state index < -0.39 is 10.2 Å². The van der Waals surface area contributed by atoms with Gasteiger partial charge in [-0.05, 0) is 19.8 Å². The molecule has 0 N–H and O–H groups in total. The van der Waals surface area contributed by atoms with Crippen LogP contribution in [0.15, 0.2) is 18.6 Å². The molecule has 0 amide bonds. The smallest absolute Gasteiger partial charge is 0.281 e. The molecule has 2 aromatic rings. The third kappa shape index (κ3) is 3.31. The fourth-order valence-corrected chi connectivity index (χ4v) is 4.36. The summed E-state index contributed by atoms with van der Waals surface area (Å²) in [5.41, 5.74) is 2.51. The number of aryl methyl sites for hydroxylation is 1. The zero-order chi connectivity index (χ0) is 18.2. The molecule has 9 heteroatoms. The van der Waals surface area contributed by atoms with Crippen LogP contribution in [0, 0.1) is 6.92 Å². The molecule has 1 aliphatic rings. The topological polar surface area (TPSA) is 84.2 Å². The highest BCUT2D eigenvalue weighted by Crippen LogP contribution is 2.32. The summed E-state index contributed by atoms with van der Waals surface area (Å²) in [5.74, 6) is 0.912. The van der Waals surface area contributed by atoms with Gasteiger partial charge in [0.15, 0.2) is 0 Å². The average molecular weight is 364 g/mol. The Morgan fingerprint density at radius 1 is 1.20 bits per heavy atom. The van der Waals surface area contributed by atoms with E-state index in [1.165, 1.54) is 8.61 Å². The predicted molar refractivity (Wildman–Crippen MR) is 95.1 cm³/mol. The zero-order valence-corrected chi connectivity index (χ0v) is 15.9. The maximum Gasteiger partial charge on any atom is 0.281 e. The molecule has 2 aromatic heterocycles. The van der Waals surface area contributed by atoms with Crippen molar-refractivity contribution >= 4 is 10.2 Å². The Labute approximate surface area is 148 Å². The largest absolute Gasteiger partial charge is 0.330 e. The summed E-state index contributed by atoms with van der Waals surface area (Å²) in [6.45, 7) is 2.89. The van der Waals surface area contributed by atoms with Crippen LogP contribution in [0.4, 0.5) is 0 Å². The second-order valence-electron chi connectivity index (χ2n) is 6.53. The number of imidazole rings is 1. The van der Waals surface area contributed by atoms with Gasteiger partial charge in [0.2, 0.25) is 0 Å². The van der Waals surface area contributed by atoms with E-state index in [0.717, 1.165) is 35.7 Å². The highest BCUT2D eigenvalue weighted by atomic mass is 32.2. The molecule has 0 spiro atoms. The van der Waals surface area contributed by atoms with Gasteiger partial charge in [0.05, 0.1) is 17.6 Å². The van der Waals surface area contributed by atoms with Crippen LogP contribution in [-0.2, 0) is 17.3 Å². The molecule has 1 saturated heterocycles. The molecule has 136 valence electrons. The summed E-state index contributed by atoms with van der Waals surface area (Å²) in [7, 11) is 1.64. The summed E-state index contributed by atoms with van der Waals surface area (Å²) in [6.07, 6.45) is 6.82. The van der Waals surface area contributed by atoms with Crippen LogP contribution < -0.4 is 0 Å². The van der Waals surface area contributed by atoms with Gasteiger partial charge in [0.25, 0.3) is 10.2 Å². The molecule has 0 radical (unpaired) electrons. The van der Waals surface area contributed by atoms with Crippen molar-refractivity contribution in [2.45, 2.75) is 25.7 Å². The quantitative estimate of drug-likeness (QED) is 0.813. The summed E-state index contributed by atoms with van der Waals surface area (Å²) in [5, 5.41) is 0. The van der Waals surface area contributed by atoms with Crippen molar-refractivity contribution < 1.29 is 8.42 Å². The number of rotatable bonds is 4. The van der Waals surface area contributed by atoms with Gasteiger partial charge in [0, 0.05) is 52.5 Å². The van der Waals surface area contributed by atoms with Crippen molar-refractivity contribution in [2.75, 3.05) is 27.2 Å². The maximum atomic E-state index is 12.5. The maximum absolute atomic E-state index is 12.5. The van der Waals surface area contributed by atoms with Crippen LogP contribution >= 0.6 is 0 Å². The van der Waals surface area contributed by atoms with Gasteiger partial charge in [-0.3, -0.25) is 9.97 Å². The van der Waals surface area contributed by atoms with Crippen molar-refractivity contribution in [3.8, 4) is 11.4 Å². The minimum Gasteiger partial charge on any atom is -0.330 e. The van der Waals surface area contributed by atoms with Gasteiger partial charge in [-0.15, -0.1) is 0 Å². The average Bonchev–Trinajstić information content (AvgIpc) is 2.94. The molecule has 1 atom stereocenters. The number of nitrogens with zero attached hydrogens (tertiary/aromatic N) is 6. The van der Waals surface area contributed by atoms with Gasteiger partial charge >= 0.3 is 0 Å². The van der Waals surface area contributed by atoms with E-state index in [1.807, 2.05) is 18.5 Å². The van der Waals surface area contributed by atoms with Crippen LogP contribution in [0.1, 0.15) is 30.3 Å². The molecule has 25 heavy (non-hydrogen) atoms. The minimum atomic E-state index is -3.42. The molecular weight excluding hydrogens is 340 g/mol. The van der Waals surface area contributed by atoms with E-state index >= 15 is 0 Å². The minimum absolute atomic E-state index is 0.0161. The molecule has 3 rings (SSSR count). The van der Waals surface area contributed by atoms with Gasteiger partial charge in [0.1, 0.15) is 11.5 Å². The van der Waals surface area contributed by atoms with E-state index in [-0.39, 0.29) is 5.92 Å². The number of piperidine rings is 1. The van der Waals surface area contributed by atoms with Crippen LogP contribution in [0.3, 0.4) is 0 Å². The monoisotopic (exact) mass is 364 g/mol. The lowest BCUT2D eigenvalue weighted by atomic mass is 9.93. The molecule has 0 saturated carbocycles. The molecule has 8 nitrogen and oxygen atoms in total. The molecule has 0 bridgehead atoms. The van der Waals surface area contributed by atoms with Crippen LogP contribution in [0.25, 0.3) is 11.4 Å². The van der Waals surface area contributed by atoms with Gasteiger partial charge < -0.3 is 4.57 Å². The Bertz CT molecular complexity index is 861. The molecule has 1 aliphatic heterocycles. The lowest BCUT2D eigenvalue weighted by Gasteiger charge is -2.33. The Morgan fingerprint density at radius 3 is 2.56 bits per heavy atom. The second kappa shape index (κ2) is 6.81. The Kier molecular flexibility index (Phi) is 4.90. The summed E-state index contributed by atoms with van der Waals surface area (Å²) in [4.78, 5) is 13.4. The van der Waals surface area contributed by atoms with Crippen molar-refractivity contribution in [1.29, 1.82) is 0 Å². The first-order valence-electron chi connectivity index (χ1n) is 8.29. The van der Waals surface area contributed by atoms with Crippen molar-refractivity contribution in [3.63, 3.8) is 0 Å². The molecule has 0 aliphatic carbocycles. The number of aromatic nitrogens is 4. The van der Waals surface area contributed by atoms with E-state index in [4.69, 9.17) is 0 Å². The van der Waals surface area contributed by atoms with Crippen LogP contribution in [0.2, 0.25) is 0 Å². The van der Waals surface area contributed by atoms with Crippen LogP contribution in [-0.4, -0.2) is 63.7 Å². The third-order valence-corrected chi connectivity index (χ3v) is 6.66. The van der Waals surface area contributed by atoms with Gasteiger partial charge in [-0.25, -0.2) is 4.98 Å². The lowest BCUT2D eigenvalue weighted by molar-refractivity contribution is 0.296. The molecule has 0 aromatic carbocycles. The predicted octanol–water partition coefficient (Wildman–Crippen LogP) is 1.17. The molecule has 0 unspecified atom stereocenters. The number of hydrogen-bond acceptors (Lipinski definition) is 5. The van der Waals surface area contributed by atoms with E-state index in [1.54, 1.807) is 32.7 Å². The summed E-state index contributed by atoms with van der Waals surface area (Å²) < 4.78 is 29.7. The van der Waals surface area contributed by atoms with Crippen LogP contribution in [0.5, 0.6) is 0 Å². The second-order valence-corrected chi connectivity index (χ2v) is 8.67. The Hall–Kier alpha value is -1.84. The first-order valence-corrected chi connectivity index (χ1v) is 9.69. The highest BCUT2D eigenvalue weighted by molar-refractivity contribution is 7.86. The summed E-state index contributed by atoms with van der Waals surface area (Å²) in [6, 6.07) is 0. The van der Waals surface area contributed by atoms with E-state index in [9.17, 15) is 8.42 Å². The van der Waals surface area contributed by atoms with Crippen molar-refractivity contribution in [3.05, 3.63) is 30.1 Å². The Morgan fingerprint density at radius 2 is 1.92 bits per heavy atom. The Balaban J connectivity index is 1.96. The fourth-order valence-electron chi connectivity index (χ4n) is 3.17. The summed E-state index contributed by atoms with van der Waals surface area (Å²) >= 11 is 0. The third-order valence-electron chi connectivity index (χ3n) is 4.75. The standard InChI is InChI=1S/C16H24N6O2S/c1-12-19-10-14(21(12)4)16-15(17-7-8-18-16)13-6-5-9-22(11-13)25(23,24)20(2)3/h7-8,10,13H,5-6,9,11H2,1-4H3/t13-/m1/s1. The van der Waals surface area contributed by atoms with Crippen molar-refractivity contribution in [1.82, 2.24) is 28.1 Å². The first kappa shape index (κ1) is 18.0. The van der Waals surface area contributed by atoms with Crippen molar-refractivity contribution in [2.24, 2.45) is 7.05 Å². The fraction of sp³-hybridized carbons (Fsp3) is 0.562. The lowest BCUT2D eigenvalue weighted by Crippen LogP contribution is -2.45. The zero-order valence-electron chi connectivity index (χ0n) is 15.0. The first-order chi connectivity index (χ1) is 11.8. The molecule has 3 heterocycles.